The number of hydrogen-bond acceptors (Lipinski definition) is 7. The fourth-order valence-corrected chi connectivity index (χ4v) is 2.97. The van der Waals surface area contributed by atoms with Crippen molar-refractivity contribution >= 4 is 17.3 Å². The molecule has 3 aromatic heterocycles. The number of hydrogen-bond donors (Lipinski definition) is 0. The van der Waals surface area contributed by atoms with E-state index in [2.05, 4.69) is 25.1 Å². The van der Waals surface area contributed by atoms with E-state index in [1.165, 1.54) is 0 Å². The maximum absolute atomic E-state index is 6.20. The van der Waals surface area contributed by atoms with Crippen molar-refractivity contribution < 1.29 is 4.74 Å². The summed E-state index contributed by atoms with van der Waals surface area (Å²) in [6, 6.07) is 3.86. The third kappa shape index (κ3) is 2.60. The van der Waals surface area contributed by atoms with E-state index < -0.39 is 0 Å². The third-order valence-electron chi connectivity index (χ3n) is 4.11. The molecule has 1 aliphatic rings. The van der Waals surface area contributed by atoms with Crippen LogP contribution < -0.4 is 14.5 Å². The van der Waals surface area contributed by atoms with Gasteiger partial charge >= 0.3 is 0 Å². The van der Waals surface area contributed by atoms with Crippen LogP contribution in [0.15, 0.2) is 37.1 Å². The predicted octanol–water partition coefficient (Wildman–Crippen LogP) is 1.24. The molecule has 1 fully saturated rings. The van der Waals surface area contributed by atoms with Crippen LogP contribution in [0, 0.1) is 0 Å². The second kappa shape index (κ2) is 5.95. The molecule has 124 valence electrons. The first-order chi connectivity index (χ1) is 11.7. The number of rotatable bonds is 4. The molecule has 4 rings (SSSR count). The Balaban J connectivity index is 1.52. The van der Waals surface area contributed by atoms with Gasteiger partial charge in [-0.15, -0.1) is 10.2 Å². The van der Waals surface area contributed by atoms with E-state index in [0.717, 1.165) is 42.5 Å². The highest BCUT2D eigenvalue weighted by Crippen LogP contribution is 2.28. The van der Waals surface area contributed by atoms with Gasteiger partial charge < -0.3 is 14.5 Å². The zero-order valence-corrected chi connectivity index (χ0v) is 13.7. The van der Waals surface area contributed by atoms with E-state index in [1.807, 2.05) is 41.7 Å². The van der Waals surface area contributed by atoms with Crippen LogP contribution in [0.1, 0.15) is 6.42 Å². The van der Waals surface area contributed by atoms with Gasteiger partial charge in [0.05, 0.1) is 6.54 Å². The summed E-state index contributed by atoms with van der Waals surface area (Å²) in [5, 5.41) is 8.11. The highest BCUT2D eigenvalue weighted by Gasteiger charge is 2.27. The van der Waals surface area contributed by atoms with Gasteiger partial charge in [0, 0.05) is 45.7 Å². The second-order valence-electron chi connectivity index (χ2n) is 6.01. The summed E-state index contributed by atoms with van der Waals surface area (Å²) in [6.45, 7) is 1.64. The van der Waals surface area contributed by atoms with Crippen LogP contribution in [0.25, 0.3) is 5.65 Å². The summed E-state index contributed by atoms with van der Waals surface area (Å²) in [5.74, 6) is 2.50. The largest absolute Gasteiger partial charge is 0.485 e. The first kappa shape index (κ1) is 14.7. The van der Waals surface area contributed by atoms with Gasteiger partial charge in [-0.05, 0) is 12.1 Å². The lowest BCUT2D eigenvalue weighted by atomic mass is 10.3. The summed E-state index contributed by atoms with van der Waals surface area (Å²) < 4.78 is 8.07. The summed E-state index contributed by atoms with van der Waals surface area (Å²) in [6.07, 6.45) is 8.10. The molecule has 0 spiro atoms. The lowest BCUT2D eigenvalue weighted by Crippen LogP contribution is -2.26. The van der Waals surface area contributed by atoms with Crippen LogP contribution in [-0.2, 0) is 0 Å². The lowest BCUT2D eigenvalue weighted by Gasteiger charge is -2.20. The van der Waals surface area contributed by atoms with Crippen LogP contribution in [0.2, 0.25) is 0 Å². The Labute approximate surface area is 139 Å². The van der Waals surface area contributed by atoms with Gasteiger partial charge in [-0.2, -0.15) is 0 Å². The fraction of sp³-hybridized carbons (Fsp3) is 0.375. The summed E-state index contributed by atoms with van der Waals surface area (Å²) in [4.78, 5) is 13.0. The van der Waals surface area contributed by atoms with E-state index in [9.17, 15) is 0 Å². The quantitative estimate of drug-likeness (QED) is 0.714. The molecule has 0 bridgehead atoms. The van der Waals surface area contributed by atoms with Gasteiger partial charge in [-0.1, -0.05) is 0 Å². The zero-order chi connectivity index (χ0) is 16.5. The normalized spacial score (nSPS) is 17.4. The molecule has 0 aliphatic carbocycles. The van der Waals surface area contributed by atoms with Crippen molar-refractivity contribution in [2.75, 3.05) is 37.0 Å². The van der Waals surface area contributed by atoms with Crippen molar-refractivity contribution in [1.82, 2.24) is 24.6 Å². The number of fused-ring (bicyclic) bond motifs is 1. The lowest BCUT2D eigenvalue weighted by molar-refractivity contribution is 0.225. The minimum atomic E-state index is 0.0953. The maximum atomic E-state index is 6.20. The molecule has 8 nitrogen and oxygen atoms in total. The number of anilines is 2. The van der Waals surface area contributed by atoms with Crippen LogP contribution in [-0.4, -0.2) is 57.9 Å². The van der Waals surface area contributed by atoms with Crippen LogP contribution in [0.4, 0.5) is 11.6 Å². The molecular weight excluding hydrogens is 306 g/mol. The Morgan fingerprint density at radius 3 is 3.04 bits per heavy atom. The van der Waals surface area contributed by atoms with Crippen molar-refractivity contribution in [1.29, 1.82) is 0 Å². The monoisotopic (exact) mass is 325 g/mol. The summed E-state index contributed by atoms with van der Waals surface area (Å²) in [7, 11) is 3.93. The molecule has 0 unspecified atom stereocenters. The number of pyridine rings is 1. The van der Waals surface area contributed by atoms with Gasteiger partial charge in [-0.3, -0.25) is 4.40 Å². The van der Waals surface area contributed by atoms with Crippen molar-refractivity contribution in [2.24, 2.45) is 0 Å². The maximum Gasteiger partial charge on any atom is 0.203 e. The average Bonchev–Trinajstić information content (AvgIpc) is 3.23. The first-order valence-corrected chi connectivity index (χ1v) is 7.90. The van der Waals surface area contributed by atoms with Crippen molar-refractivity contribution in [3.05, 3.63) is 37.1 Å². The van der Waals surface area contributed by atoms with Crippen molar-refractivity contribution in [2.45, 2.75) is 12.5 Å². The molecule has 0 radical (unpaired) electrons. The van der Waals surface area contributed by atoms with E-state index in [0.29, 0.717) is 0 Å². The Morgan fingerprint density at radius 1 is 1.25 bits per heavy atom. The summed E-state index contributed by atoms with van der Waals surface area (Å²) in [5.41, 5.74) is 0.772. The zero-order valence-electron chi connectivity index (χ0n) is 13.7. The third-order valence-corrected chi connectivity index (χ3v) is 4.11. The molecular formula is C16H19N7O. The molecule has 0 saturated carbocycles. The smallest absolute Gasteiger partial charge is 0.203 e. The predicted molar refractivity (Wildman–Crippen MR) is 90.6 cm³/mol. The second-order valence-corrected chi connectivity index (χ2v) is 6.01. The molecule has 0 amide bonds. The molecule has 1 atom stereocenters. The molecule has 4 heterocycles. The molecule has 24 heavy (non-hydrogen) atoms. The molecule has 1 aliphatic heterocycles. The van der Waals surface area contributed by atoms with Crippen molar-refractivity contribution in [3.63, 3.8) is 0 Å². The topological polar surface area (TPSA) is 71.7 Å². The molecule has 8 heteroatoms. The van der Waals surface area contributed by atoms with E-state index in [1.54, 1.807) is 18.7 Å². The summed E-state index contributed by atoms with van der Waals surface area (Å²) >= 11 is 0. The minimum absolute atomic E-state index is 0.0953. The van der Waals surface area contributed by atoms with E-state index >= 15 is 0 Å². The molecule has 1 saturated heterocycles. The molecule has 3 aromatic rings. The SMILES string of the molecule is CN(C)c1ncccc1O[C@H]1CCN(c2nccn3cnnc23)C1. The van der Waals surface area contributed by atoms with E-state index in [4.69, 9.17) is 4.74 Å². The van der Waals surface area contributed by atoms with Gasteiger partial charge in [0.2, 0.25) is 5.65 Å². The fourth-order valence-electron chi connectivity index (χ4n) is 2.97. The van der Waals surface area contributed by atoms with Gasteiger partial charge in [0.15, 0.2) is 17.4 Å². The molecule has 0 aromatic carbocycles. The first-order valence-electron chi connectivity index (χ1n) is 7.90. The van der Waals surface area contributed by atoms with Crippen molar-refractivity contribution in [3.8, 4) is 5.75 Å². The van der Waals surface area contributed by atoms with Crippen LogP contribution in [0.3, 0.4) is 0 Å². The average molecular weight is 325 g/mol. The Morgan fingerprint density at radius 2 is 2.17 bits per heavy atom. The standard InChI is InChI=1S/C16H19N7O/c1-21(2)14-13(4-3-6-17-14)24-12-5-8-22(10-12)15-16-20-19-11-23(16)9-7-18-15/h3-4,6-7,9,11-12H,5,8,10H2,1-2H3/t12-/m0/s1. The van der Waals surface area contributed by atoms with Crippen LogP contribution in [0.5, 0.6) is 5.75 Å². The minimum Gasteiger partial charge on any atom is -0.485 e. The Bertz CT molecular complexity index is 847. The Hall–Kier alpha value is -2.90. The highest BCUT2D eigenvalue weighted by molar-refractivity contribution is 5.63. The van der Waals surface area contributed by atoms with Gasteiger partial charge in [0.25, 0.3) is 0 Å². The van der Waals surface area contributed by atoms with Gasteiger partial charge in [-0.25, -0.2) is 9.97 Å². The van der Waals surface area contributed by atoms with E-state index in [-0.39, 0.29) is 6.10 Å². The Kier molecular flexibility index (Phi) is 3.64. The van der Waals surface area contributed by atoms with Crippen LogP contribution >= 0.6 is 0 Å². The molecule has 0 N–H and O–H groups in total. The number of nitrogens with zero attached hydrogens (tertiary/aromatic N) is 7. The number of ether oxygens (including phenoxy) is 1. The van der Waals surface area contributed by atoms with Gasteiger partial charge in [0.1, 0.15) is 12.4 Å². The number of aromatic nitrogens is 5. The highest BCUT2D eigenvalue weighted by atomic mass is 16.5.